The third-order valence-corrected chi connectivity index (χ3v) is 5.81. The molecule has 1 saturated heterocycles. The zero-order valence-corrected chi connectivity index (χ0v) is 17.4. The highest BCUT2D eigenvalue weighted by molar-refractivity contribution is 6.00. The quantitative estimate of drug-likeness (QED) is 0.578. The standard InChI is InChI=1S/C24H23FN4O3/c1-14-20(30)21(31)24(32-14)29-12-18(15-6-4-2-3-5-7-15)19-22(26-13-27-23(19)29)28-17-10-8-16(25)9-11-17/h2-6,8-14,20-21,24,30-31H,7H2,1H3,(H,26,27,28)/t14-,20-,21-,24-/m1/s1. The first-order valence-corrected chi connectivity index (χ1v) is 10.5. The van der Waals surface area contributed by atoms with Crippen LogP contribution in [0.4, 0.5) is 15.9 Å². The molecule has 2 aliphatic rings. The smallest absolute Gasteiger partial charge is 0.164 e. The number of ether oxygens (including phenoxy) is 1. The van der Waals surface area contributed by atoms with Gasteiger partial charge in [0.25, 0.3) is 0 Å². The van der Waals surface area contributed by atoms with Crippen molar-refractivity contribution in [2.75, 3.05) is 5.32 Å². The normalized spacial score (nSPS) is 25.2. The third-order valence-electron chi connectivity index (χ3n) is 5.81. The van der Waals surface area contributed by atoms with E-state index in [-0.39, 0.29) is 5.82 Å². The van der Waals surface area contributed by atoms with Crippen LogP contribution in [0.25, 0.3) is 16.6 Å². The van der Waals surface area contributed by atoms with Gasteiger partial charge in [-0.2, -0.15) is 0 Å². The van der Waals surface area contributed by atoms with Crippen LogP contribution in [0, 0.1) is 5.82 Å². The maximum Gasteiger partial charge on any atom is 0.164 e. The average Bonchev–Trinajstić information content (AvgIpc) is 3.14. The van der Waals surface area contributed by atoms with Crippen molar-refractivity contribution in [2.24, 2.45) is 0 Å². The first kappa shape index (κ1) is 20.6. The lowest BCUT2D eigenvalue weighted by Gasteiger charge is -2.17. The minimum Gasteiger partial charge on any atom is -0.388 e. The summed E-state index contributed by atoms with van der Waals surface area (Å²) in [7, 11) is 0. The number of nitrogens with one attached hydrogen (secondary N) is 1. The maximum atomic E-state index is 13.4. The van der Waals surface area contributed by atoms with E-state index in [2.05, 4.69) is 21.4 Å². The number of halogens is 1. The second-order valence-electron chi connectivity index (χ2n) is 7.92. The van der Waals surface area contributed by atoms with Crippen molar-refractivity contribution >= 4 is 28.1 Å². The Morgan fingerprint density at radius 2 is 1.91 bits per heavy atom. The average molecular weight is 434 g/mol. The van der Waals surface area contributed by atoms with Crippen LogP contribution >= 0.6 is 0 Å². The first-order valence-electron chi connectivity index (χ1n) is 10.5. The number of allylic oxidation sites excluding steroid dienone is 6. The Hall–Kier alpha value is -3.33. The Morgan fingerprint density at radius 1 is 1.09 bits per heavy atom. The van der Waals surface area contributed by atoms with Crippen LogP contribution in [0.1, 0.15) is 25.1 Å². The minimum atomic E-state index is -1.10. The van der Waals surface area contributed by atoms with E-state index in [4.69, 9.17) is 4.74 Å². The summed E-state index contributed by atoms with van der Waals surface area (Å²) < 4.78 is 21.0. The van der Waals surface area contributed by atoms with E-state index in [0.717, 1.165) is 16.5 Å². The molecule has 0 spiro atoms. The van der Waals surface area contributed by atoms with E-state index in [9.17, 15) is 14.6 Å². The predicted molar refractivity (Wildman–Crippen MR) is 120 cm³/mol. The fourth-order valence-electron chi connectivity index (χ4n) is 4.12. The fraction of sp³-hybridized carbons (Fsp3) is 0.250. The van der Waals surface area contributed by atoms with Crippen molar-refractivity contribution < 1.29 is 19.3 Å². The third kappa shape index (κ3) is 3.62. The summed E-state index contributed by atoms with van der Waals surface area (Å²) in [6.07, 6.45) is 10.6. The van der Waals surface area contributed by atoms with Gasteiger partial charge >= 0.3 is 0 Å². The second-order valence-corrected chi connectivity index (χ2v) is 7.92. The SMILES string of the molecule is C[C@H]1O[C@@H](n2cc(C3=CC=CC=CC3)c3c(Nc4ccc(F)cc4)ncnc32)[C@H](O)[C@@H]1O. The number of aromatic nitrogens is 3. The number of rotatable bonds is 4. The van der Waals surface area contributed by atoms with Gasteiger partial charge in [-0.05, 0) is 43.2 Å². The van der Waals surface area contributed by atoms with Crippen LogP contribution in [-0.4, -0.2) is 43.1 Å². The molecule has 3 aromatic rings. The number of aliphatic hydroxyl groups is 2. The minimum absolute atomic E-state index is 0.322. The van der Waals surface area contributed by atoms with Gasteiger partial charge in [-0.3, -0.25) is 0 Å². The van der Waals surface area contributed by atoms with E-state index in [1.165, 1.54) is 18.5 Å². The van der Waals surface area contributed by atoms with Crippen molar-refractivity contribution in [2.45, 2.75) is 37.9 Å². The summed E-state index contributed by atoms with van der Waals surface area (Å²) in [6.45, 7) is 1.72. The van der Waals surface area contributed by atoms with Crippen LogP contribution in [0.5, 0.6) is 0 Å². The Balaban J connectivity index is 1.67. The molecule has 1 aromatic carbocycles. The maximum absolute atomic E-state index is 13.4. The first-order chi connectivity index (χ1) is 15.5. The molecule has 0 unspecified atom stereocenters. The molecule has 5 rings (SSSR count). The summed E-state index contributed by atoms with van der Waals surface area (Å²) in [5.74, 6) is 0.229. The number of hydrogen-bond acceptors (Lipinski definition) is 6. The van der Waals surface area contributed by atoms with Crippen molar-refractivity contribution in [3.05, 3.63) is 78.6 Å². The lowest BCUT2D eigenvalue weighted by atomic mass is 10.0. The molecule has 0 bridgehead atoms. The molecule has 32 heavy (non-hydrogen) atoms. The Morgan fingerprint density at radius 3 is 2.66 bits per heavy atom. The van der Waals surface area contributed by atoms with Crippen LogP contribution in [0.3, 0.4) is 0 Å². The zero-order chi connectivity index (χ0) is 22.2. The van der Waals surface area contributed by atoms with Crippen LogP contribution in [-0.2, 0) is 4.74 Å². The number of fused-ring (bicyclic) bond motifs is 1. The largest absolute Gasteiger partial charge is 0.388 e. The molecule has 0 saturated carbocycles. The molecule has 8 heteroatoms. The highest BCUT2D eigenvalue weighted by atomic mass is 19.1. The summed E-state index contributed by atoms with van der Waals surface area (Å²) >= 11 is 0. The second kappa shape index (κ2) is 8.31. The number of nitrogens with zero attached hydrogens (tertiary/aromatic N) is 3. The number of anilines is 2. The lowest BCUT2D eigenvalue weighted by molar-refractivity contribution is -0.0296. The van der Waals surface area contributed by atoms with Gasteiger partial charge in [-0.1, -0.05) is 30.4 Å². The van der Waals surface area contributed by atoms with E-state index in [0.29, 0.717) is 23.6 Å². The fourth-order valence-corrected chi connectivity index (χ4v) is 4.12. The lowest BCUT2D eigenvalue weighted by Crippen LogP contribution is -2.30. The molecule has 1 aliphatic heterocycles. The predicted octanol–water partition coefficient (Wildman–Crippen LogP) is 3.85. The molecule has 0 radical (unpaired) electrons. The monoisotopic (exact) mass is 434 g/mol. The van der Waals surface area contributed by atoms with Gasteiger partial charge in [0.05, 0.1) is 11.5 Å². The molecule has 1 fully saturated rings. The van der Waals surface area contributed by atoms with Gasteiger partial charge in [0.1, 0.15) is 35.8 Å². The summed E-state index contributed by atoms with van der Waals surface area (Å²) in [5, 5.41) is 24.9. The molecular formula is C24H23FN4O3. The molecule has 7 nitrogen and oxygen atoms in total. The van der Waals surface area contributed by atoms with Gasteiger partial charge < -0.3 is 24.8 Å². The van der Waals surface area contributed by atoms with Gasteiger partial charge in [-0.15, -0.1) is 0 Å². The van der Waals surface area contributed by atoms with Crippen molar-refractivity contribution in [1.29, 1.82) is 0 Å². The Kier molecular flexibility index (Phi) is 5.34. The van der Waals surface area contributed by atoms with Crippen LogP contribution in [0.15, 0.2) is 67.2 Å². The molecular weight excluding hydrogens is 411 g/mol. The van der Waals surface area contributed by atoms with E-state index in [1.807, 2.05) is 30.5 Å². The van der Waals surface area contributed by atoms with Crippen LogP contribution in [0.2, 0.25) is 0 Å². The molecule has 1 aliphatic carbocycles. The van der Waals surface area contributed by atoms with Gasteiger partial charge in [0.15, 0.2) is 6.23 Å². The molecule has 4 atom stereocenters. The molecule has 3 heterocycles. The number of benzene rings is 1. The highest BCUT2D eigenvalue weighted by Gasteiger charge is 2.42. The van der Waals surface area contributed by atoms with Gasteiger partial charge in [0.2, 0.25) is 0 Å². The number of aliphatic hydroxyl groups excluding tert-OH is 2. The topological polar surface area (TPSA) is 92.4 Å². The van der Waals surface area contributed by atoms with E-state index < -0.39 is 24.5 Å². The zero-order valence-electron chi connectivity index (χ0n) is 17.4. The molecule has 2 aromatic heterocycles. The Labute approximate surface area is 184 Å². The summed E-state index contributed by atoms with van der Waals surface area (Å²) in [5.41, 5.74) is 3.16. The summed E-state index contributed by atoms with van der Waals surface area (Å²) in [4.78, 5) is 8.93. The number of hydrogen-bond donors (Lipinski definition) is 3. The van der Waals surface area contributed by atoms with Gasteiger partial charge in [-0.25, -0.2) is 14.4 Å². The molecule has 0 amide bonds. The highest BCUT2D eigenvalue weighted by Crippen LogP contribution is 2.39. The molecule has 164 valence electrons. The van der Waals surface area contributed by atoms with Gasteiger partial charge in [0, 0.05) is 17.4 Å². The molecule has 3 N–H and O–H groups in total. The Bertz CT molecular complexity index is 1230. The van der Waals surface area contributed by atoms with Crippen LogP contribution < -0.4 is 5.32 Å². The van der Waals surface area contributed by atoms with E-state index >= 15 is 0 Å². The van der Waals surface area contributed by atoms with Crippen molar-refractivity contribution in [3.63, 3.8) is 0 Å². The van der Waals surface area contributed by atoms with Crippen molar-refractivity contribution in [3.8, 4) is 0 Å². The van der Waals surface area contributed by atoms with Crippen molar-refractivity contribution in [1.82, 2.24) is 14.5 Å². The van der Waals surface area contributed by atoms with E-state index in [1.54, 1.807) is 23.6 Å². The summed E-state index contributed by atoms with van der Waals surface area (Å²) in [6, 6.07) is 6.03.